The standard InChI is InChI=1S/C14H15ClN4O2/c15-12-13(17-11-4-2-1-3-10(11)16-12)18-19-14(20)9-5-7-21-8-6-9/h1-4,9H,5-8H2,(H,17,18)(H,19,20). The number of aromatic nitrogens is 2. The SMILES string of the molecule is O=C(NNc1nc2ccccc2nc1Cl)C1CCOCC1. The van der Waals surface area contributed by atoms with E-state index in [1.165, 1.54) is 0 Å². The molecule has 0 saturated carbocycles. The lowest BCUT2D eigenvalue weighted by Crippen LogP contribution is -2.37. The van der Waals surface area contributed by atoms with Crippen LogP contribution in [0.25, 0.3) is 11.0 Å². The summed E-state index contributed by atoms with van der Waals surface area (Å²) >= 11 is 6.07. The highest BCUT2D eigenvalue weighted by Gasteiger charge is 2.21. The van der Waals surface area contributed by atoms with Crippen molar-refractivity contribution in [1.82, 2.24) is 15.4 Å². The number of nitrogens with one attached hydrogen (secondary N) is 2. The smallest absolute Gasteiger partial charge is 0.241 e. The largest absolute Gasteiger partial charge is 0.381 e. The molecule has 110 valence electrons. The van der Waals surface area contributed by atoms with Crippen molar-refractivity contribution in [2.45, 2.75) is 12.8 Å². The molecule has 1 aromatic heterocycles. The van der Waals surface area contributed by atoms with E-state index < -0.39 is 0 Å². The Balaban J connectivity index is 1.69. The number of hydrogen-bond donors (Lipinski definition) is 2. The molecule has 2 N–H and O–H groups in total. The van der Waals surface area contributed by atoms with Crippen LogP contribution in [0.4, 0.5) is 5.82 Å². The molecule has 1 aliphatic rings. The van der Waals surface area contributed by atoms with Gasteiger partial charge >= 0.3 is 0 Å². The summed E-state index contributed by atoms with van der Waals surface area (Å²) in [7, 11) is 0. The quantitative estimate of drug-likeness (QED) is 0.850. The van der Waals surface area contributed by atoms with Crippen LogP contribution in [0.3, 0.4) is 0 Å². The number of para-hydroxylation sites is 2. The van der Waals surface area contributed by atoms with E-state index in [2.05, 4.69) is 20.8 Å². The molecule has 0 atom stereocenters. The van der Waals surface area contributed by atoms with Crippen molar-refractivity contribution in [2.24, 2.45) is 5.92 Å². The zero-order valence-electron chi connectivity index (χ0n) is 11.3. The van der Waals surface area contributed by atoms with E-state index >= 15 is 0 Å². The monoisotopic (exact) mass is 306 g/mol. The summed E-state index contributed by atoms with van der Waals surface area (Å²) in [5, 5.41) is 0.223. The third kappa shape index (κ3) is 3.22. The molecule has 1 aromatic carbocycles. The Kier molecular flexibility index (Phi) is 4.17. The average molecular weight is 307 g/mol. The Morgan fingerprint density at radius 1 is 1.19 bits per heavy atom. The van der Waals surface area contributed by atoms with E-state index in [-0.39, 0.29) is 17.0 Å². The number of hydrazine groups is 1. The number of hydrogen-bond acceptors (Lipinski definition) is 5. The van der Waals surface area contributed by atoms with E-state index in [1.54, 1.807) is 0 Å². The second-order valence-electron chi connectivity index (χ2n) is 4.85. The fraction of sp³-hybridized carbons (Fsp3) is 0.357. The lowest BCUT2D eigenvalue weighted by atomic mass is 10.00. The van der Waals surface area contributed by atoms with E-state index in [1.807, 2.05) is 24.3 Å². The van der Waals surface area contributed by atoms with Gasteiger partial charge in [-0.2, -0.15) is 0 Å². The van der Waals surface area contributed by atoms with Gasteiger partial charge in [-0.05, 0) is 25.0 Å². The summed E-state index contributed by atoms with van der Waals surface area (Å²) in [5.74, 6) is 0.221. The van der Waals surface area contributed by atoms with Gasteiger partial charge in [0.05, 0.1) is 11.0 Å². The summed E-state index contributed by atoms with van der Waals surface area (Å²) in [6, 6.07) is 7.41. The molecule has 2 heterocycles. The summed E-state index contributed by atoms with van der Waals surface area (Å²) < 4.78 is 5.24. The zero-order chi connectivity index (χ0) is 14.7. The molecule has 1 saturated heterocycles. The van der Waals surface area contributed by atoms with Crippen LogP contribution in [-0.4, -0.2) is 29.1 Å². The fourth-order valence-electron chi connectivity index (χ4n) is 2.24. The normalized spacial score (nSPS) is 15.9. The first kappa shape index (κ1) is 14.0. The van der Waals surface area contributed by atoms with Gasteiger partial charge in [-0.1, -0.05) is 23.7 Å². The first-order chi connectivity index (χ1) is 10.2. The Morgan fingerprint density at radius 3 is 2.57 bits per heavy atom. The maximum Gasteiger partial charge on any atom is 0.241 e. The van der Waals surface area contributed by atoms with Gasteiger partial charge in [-0.3, -0.25) is 15.6 Å². The van der Waals surface area contributed by atoms with Crippen LogP contribution in [0.15, 0.2) is 24.3 Å². The van der Waals surface area contributed by atoms with Crippen LogP contribution in [0.5, 0.6) is 0 Å². The molecule has 21 heavy (non-hydrogen) atoms. The molecule has 0 bridgehead atoms. The van der Waals surface area contributed by atoms with E-state index in [0.29, 0.717) is 30.1 Å². The zero-order valence-corrected chi connectivity index (χ0v) is 12.1. The second kappa shape index (κ2) is 6.24. The van der Waals surface area contributed by atoms with Crippen LogP contribution < -0.4 is 10.9 Å². The number of amides is 1. The molecule has 0 aliphatic carbocycles. The molecule has 2 aromatic rings. The summed E-state index contributed by atoms with van der Waals surface area (Å²) in [4.78, 5) is 20.6. The fourth-order valence-corrected chi connectivity index (χ4v) is 2.42. The molecule has 1 fully saturated rings. The minimum Gasteiger partial charge on any atom is -0.381 e. The van der Waals surface area contributed by atoms with Crippen molar-refractivity contribution in [3.05, 3.63) is 29.4 Å². The predicted molar refractivity (Wildman–Crippen MR) is 79.9 cm³/mol. The van der Waals surface area contributed by atoms with Gasteiger partial charge in [-0.15, -0.1) is 0 Å². The second-order valence-corrected chi connectivity index (χ2v) is 5.21. The third-order valence-corrected chi connectivity index (χ3v) is 3.69. The van der Waals surface area contributed by atoms with Gasteiger partial charge in [0.2, 0.25) is 5.91 Å². The minimum absolute atomic E-state index is 0.0431. The van der Waals surface area contributed by atoms with Crippen molar-refractivity contribution in [2.75, 3.05) is 18.6 Å². The summed E-state index contributed by atoms with van der Waals surface area (Å²) in [6.45, 7) is 1.24. The van der Waals surface area contributed by atoms with Crippen LogP contribution in [0.2, 0.25) is 5.15 Å². The lowest BCUT2D eigenvalue weighted by molar-refractivity contribution is -0.127. The number of nitrogens with zero attached hydrogens (tertiary/aromatic N) is 2. The first-order valence-corrected chi connectivity index (χ1v) is 7.18. The molecule has 0 unspecified atom stereocenters. The topological polar surface area (TPSA) is 76.1 Å². The van der Waals surface area contributed by atoms with Gasteiger partial charge < -0.3 is 4.74 Å². The molecule has 1 amide bonds. The summed E-state index contributed by atoms with van der Waals surface area (Å²) in [5.41, 5.74) is 6.82. The van der Waals surface area contributed by atoms with Crippen LogP contribution >= 0.6 is 11.6 Å². The highest BCUT2D eigenvalue weighted by atomic mass is 35.5. The maximum absolute atomic E-state index is 12.0. The van der Waals surface area contributed by atoms with Crippen molar-refractivity contribution in [3.63, 3.8) is 0 Å². The lowest BCUT2D eigenvalue weighted by Gasteiger charge is -2.21. The van der Waals surface area contributed by atoms with E-state index in [0.717, 1.165) is 12.8 Å². The number of ether oxygens (including phenoxy) is 1. The van der Waals surface area contributed by atoms with E-state index in [4.69, 9.17) is 16.3 Å². The molecule has 0 spiro atoms. The number of carbonyl (C=O) groups is 1. The third-order valence-electron chi connectivity index (χ3n) is 3.42. The predicted octanol–water partition coefficient (Wildman–Crippen LogP) is 2.15. The number of anilines is 1. The molecular formula is C14H15ClN4O2. The highest BCUT2D eigenvalue weighted by Crippen LogP contribution is 2.20. The molecule has 7 heteroatoms. The molecular weight excluding hydrogens is 292 g/mol. The number of benzene rings is 1. The van der Waals surface area contributed by atoms with Crippen LogP contribution in [0.1, 0.15) is 12.8 Å². The van der Waals surface area contributed by atoms with Gasteiger partial charge in [0.25, 0.3) is 0 Å². The van der Waals surface area contributed by atoms with E-state index in [9.17, 15) is 4.79 Å². The Labute approximate surface area is 126 Å². The van der Waals surface area contributed by atoms with Crippen LogP contribution in [0, 0.1) is 5.92 Å². The van der Waals surface area contributed by atoms with Crippen molar-refractivity contribution >= 4 is 34.4 Å². The summed E-state index contributed by atoms with van der Waals surface area (Å²) in [6.07, 6.45) is 1.45. The maximum atomic E-state index is 12.0. The van der Waals surface area contributed by atoms with Crippen molar-refractivity contribution < 1.29 is 9.53 Å². The molecule has 6 nitrogen and oxygen atoms in total. The molecule has 3 rings (SSSR count). The number of fused-ring (bicyclic) bond motifs is 1. The Bertz CT molecular complexity index is 658. The number of carbonyl (C=O) groups excluding carboxylic acids is 1. The van der Waals surface area contributed by atoms with Gasteiger partial charge in [-0.25, -0.2) is 9.97 Å². The molecule has 0 radical (unpaired) electrons. The van der Waals surface area contributed by atoms with Crippen molar-refractivity contribution in [1.29, 1.82) is 0 Å². The average Bonchev–Trinajstić information content (AvgIpc) is 2.53. The minimum atomic E-state index is -0.0793. The molecule has 1 aliphatic heterocycles. The van der Waals surface area contributed by atoms with Gasteiger partial charge in [0.1, 0.15) is 0 Å². The Morgan fingerprint density at radius 2 is 1.86 bits per heavy atom. The van der Waals surface area contributed by atoms with Gasteiger partial charge in [0, 0.05) is 19.1 Å². The number of rotatable bonds is 3. The van der Waals surface area contributed by atoms with Crippen molar-refractivity contribution in [3.8, 4) is 0 Å². The van der Waals surface area contributed by atoms with Gasteiger partial charge in [0.15, 0.2) is 11.0 Å². The van der Waals surface area contributed by atoms with Crippen LogP contribution in [-0.2, 0) is 9.53 Å². The Hall–Kier alpha value is -1.92. The first-order valence-electron chi connectivity index (χ1n) is 6.80. The highest BCUT2D eigenvalue weighted by molar-refractivity contribution is 6.32. The number of halogens is 1.